The Morgan fingerprint density at radius 1 is 1.03 bits per heavy atom. The zero-order valence-electron chi connectivity index (χ0n) is 19.9. The highest BCUT2D eigenvalue weighted by Crippen LogP contribution is 2.34. The highest BCUT2D eigenvalue weighted by molar-refractivity contribution is 5.82. The monoisotopic (exact) mass is 475 g/mol. The smallest absolute Gasteiger partial charge is 0.150 e. The van der Waals surface area contributed by atoms with Crippen molar-refractivity contribution in [3.63, 3.8) is 0 Å². The lowest BCUT2D eigenvalue weighted by molar-refractivity contribution is -0.0384. The first-order valence-electron chi connectivity index (χ1n) is 11.7. The van der Waals surface area contributed by atoms with Gasteiger partial charge in [-0.2, -0.15) is 5.10 Å². The van der Waals surface area contributed by atoms with Gasteiger partial charge in [0.1, 0.15) is 17.2 Å². The van der Waals surface area contributed by atoms with Crippen LogP contribution >= 0.6 is 0 Å². The second-order valence-electron chi connectivity index (χ2n) is 8.36. The number of aliphatic hydroxyl groups is 1. The summed E-state index contributed by atoms with van der Waals surface area (Å²) in [7, 11) is 3.23. The number of rotatable bonds is 8. The molecular formula is C26H29N5O4. The van der Waals surface area contributed by atoms with Gasteiger partial charge in [0.25, 0.3) is 0 Å². The van der Waals surface area contributed by atoms with E-state index >= 15 is 0 Å². The molecule has 0 radical (unpaired) electrons. The van der Waals surface area contributed by atoms with Crippen molar-refractivity contribution < 1.29 is 19.3 Å². The second-order valence-corrected chi connectivity index (χ2v) is 8.36. The molecule has 1 saturated heterocycles. The Labute approximate surface area is 203 Å². The number of hydrogen-bond acceptors (Lipinski definition) is 8. The summed E-state index contributed by atoms with van der Waals surface area (Å²) < 4.78 is 18.7. The summed E-state index contributed by atoms with van der Waals surface area (Å²) in [5.41, 5.74) is 4.85. The number of hydrogen-bond donors (Lipinski definition) is 1. The van der Waals surface area contributed by atoms with Crippen molar-refractivity contribution in [1.29, 1.82) is 0 Å². The number of anilines is 2. The molecule has 1 fully saturated rings. The highest BCUT2D eigenvalue weighted by atomic mass is 16.5. The average molecular weight is 476 g/mol. The van der Waals surface area contributed by atoms with Crippen molar-refractivity contribution in [3.8, 4) is 22.9 Å². The normalized spacial score (nSPS) is 15.8. The maximum Gasteiger partial charge on any atom is 0.150 e. The molecule has 0 amide bonds. The number of benzene rings is 2. The first-order valence-corrected chi connectivity index (χ1v) is 11.7. The molecule has 1 unspecified atom stereocenters. The topological polar surface area (TPSA) is 94.8 Å². The summed E-state index contributed by atoms with van der Waals surface area (Å²) in [6.07, 6.45) is 6.59. The molecule has 9 nitrogen and oxygen atoms in total. The number of nitrogens with zero attached hydrogens (tertiary/aromatic N) is 5. The molecule has 2 aromatic carbocycles. The van der Waals surface area contributed by atoms with Gasteiger partial charge in [-0.15, -0.1) is 0 Å². The predicted octanol–water partition coefficient (Wildman–Crippen LogP) is 4.34. The quantitative estimate of drug-likeness (QED) is 0.402. The molecule has 2 aromatic heterocycles. The third kappa shape index (κ3) is 4.78. The molecule has 1 N–H and O–H groups in total. The third-order valence-corrected chi connectivity index (χ3v) is 6.17. The molecule has 1 aliphatic heterocycles. The SMILES string of the molecule is COc1cc(OC)cc(N(CCO)c2ccc3ncc(-c4ccnn4C4CCCCO4)nc3c2)c1. The van der Waals surface area contributed by atoms with Crippen LogP contribution in [0.2, 0.25) is 0 Å². The molecule has 9 heteroatoms. The lowest BCUT2D eigenvalue weighted by atomic mass is 10.1. The van der Waals surface area contributed by atoms with E-state index in [4.69, 9.17) is 19.2 Å². The number of ether oxygens (including phenoxy) is 3. The van der Waals surface area contributed by atoms with Gasteiger partial charge in [0.05, 0.1) is 43.8 Å². The molecule has 4 aromatic rings. The van der Waals surface area contributed by atoms with E-state index in [0.717, 1.165) is 59.7 Å². The fourth-order valence-corrected chi connectivity index (χ4v) is 4.41. The van der Waals surface area contributed by atoms with E-state index < -0.39 is 0 Å². The van der Waals surface area contributed by atoms with Crippen LogP contribution in [0.15, 0.2) is 54.9 Å². The van der Waals surface area contributed by atoms with E-state index in [1.54, 1.807) is 26.6 Å². The molecule has 0 bridgehead atoms. The first kappa shape index (κ1) is 23.1. The van der Waals surface area contributed by atoms with Crippen LogP contribution in [0.25, 0.3) is 22.4 Å². The minimum atomic E-state index is -0.0827. The van der Waals surface area contributed by atoms with Crippen LogP contribution in [0.4, 0.5) is 11.4 Å². The molecule has 0 aliphatic carbocycles. The van der Waals surface area contributed by atoms with Crippen LogP contribution < -0.4 is 14.4 Å². The van der Waals surface area contributed by atoms with Gasteiger partial charge in [0.15, 0.2) is 6.23 Å². The van der Waals surface area contributed by atoms with Gasteiger partial charge in [-0.3, -0.25) is 4.98 Å². The molecule has 3 heterocycles. The second kappa shape index (κ2) is 10.3. The standard InChI is InChI=1S/C26H29N5O4/c1-33-20-13-19(14-21(16-20)34-2)30(10-11-32)18-6-7-22-23(15-18)29-24(17-27-22)25-8-9-28-31(25)26-5-3-4-12-35-26/h6-9,13-17,26,32H,3-5,10-12H2,1-2H3. The highest BCUT2D eigenvalue weighted by Gasteiger charge is 2.21. The van der Waals surface area contributed by atoms with Crippen molar-refractivity contribution in [2.24, 2.45) is 0 Å². The fourth-order valence-electron chi connectivity index (χ4n) is 4.41. The van der Waals surface area contributed by atoms with Crippen molar-refractivity contribution in [2.75, 3.05) is 38.9 Å². The van der Waals surface area contributed by atoms with E-state index in [0.29, 0.717) is 18.0 Å². The average Bonchev–Trinajstić information content (AvgIpc) is 3.41. The molecule has 182 valence electrons. The number of methoxy groups -OCH3 is 2. The van der Waals surface area contributed by atoms with Crippen LogP contribution in [0.1, 0.15) is 25.5 Å². The third-order valence-electron chi connectivity index (χ3n) is 6.17. The summed E-state index contributed by atoms with van der Waals surface area (Å²) >= 11 is 0. The summed E-state index contributed by atoms with van der Waals surface area (Å²) in [5.74, 6) is 1.34. The minimum absolute atomic E-state index is 0.0240. The van der Waals surface area contributed by atoms with E-state index in [1.807, 2.05) is 52.0 Å². The predicted molar refractivity (Wildman–Crippen MR) is 133 cm³/mol. The molecule has 1 aliphatic rings. The van der Waals surface area contributed by atoms with Gasteiger partial charge in [-0.25, -0.2) is 9.67 Å². The van der Waals surface area contributed by atoms with Crippen LogP contribution in [0.5, 0.6) is 11.5 Å². The van der Waals surface area contributed by atoms with Gasteiger partial charge >= 0.3 is 0 Å². The summed E-state index contributed by atoms with van der Waals surface area (Å²) in [5, 5.41) is 14.3. The van der Waals surface area contributed by atoms with E-state index in [9.17, 15) is 5.11 Å². The van der Waals surface area contributed by atoms with E-state index in [1.165, 1.54) is 0 Å². The fraction of sp³-hybridized carbons (Fsp3) is 0.346. The molecule has 35 heavy (non-hydrogen) atoms. The Kier molecular flexibility index (Phi) is 6.78. The zero-order valence-corrected chi connectivity index (χ0v) is 19.9. The van der Waals surface area contributed by atoms with Crippen LogP contribution in [-0.2, 0) is 4.74 Å². The Bertz CT molecular complexity index is 1280. The van der Waals surface area contributed by atoms with Gasteiger partial charge in [-0.1, -0.05) is 0 Å². The van der Waals surface area contributed by atoms with Gasteiger partial charge < -0.3 is 24.2 Å². The van der Waals surface area contributed by atoms with Crippen LogP contribution in [0, 0.1) is 0 Å². The van der Waals surface area contributed by atoms with Crippen molar-refractivity contribution >= 4 is 22.4 Å². The number of aliphatic hydroxyl groups excluding tert-OH is 1. The van der Waals surface area contributed by atoms with Crippen LogP contribution in [0.3, 0.4) is 0 Å². The minimum Gasteiger partial charge on any atom is -0.497 e. The number of aromatic nitrogens is 4. The van der Waals surface area contributed by atoms with Gasteiger partial charge in [-0.05, 0) is 43.5 Å². The molecule has 0 saturated carbocycles. The van der Waals surface area contributed by atoms with Crippen molar-refractivity contribution in [3.05, 3.63) is 54.9 Å². The Morgan fingerprint density at radius 3 is 2.57 bits per heavy atom. The van der Waals surface area contributed by atoms with Crippen molar-refractivity contribution in [2.45, 2.75) is 25.5 Å². The summed E-state index contributed by atoms with van der Waals surface area (Å²) in [6.45, 7) is 1.11. The first-order chi connectivity index (χ1) is 17.2. The summed E-state index contributed by atoms with van der Waals surface area (Å²) in [4.78, 5) is 11.6. The Morgan fingerprint density at radius 2 is 1.86 bits per heavy atom. The molecule has 1 atom stereocenters. The molecule has 5 rings (SSSR count). The largest absolute Gasteiger partial charge is 0.497 e. The van der Waals surface area contributed by atoms with Gasteiger partial charge in [0.2, 0.25) is 0 Å². The maximum atomic E-state index is 9.80. The maximum absolute atomic E-state index is 9.80. The lowest BCUT2D eigenvalue weighted by Crippen LogP contribution is -2.21. The Hall–Kier alpha value is -3.69. The molecular weight excluding hydrogens is 446 g/mol. The molecule has 0 spiro atoms. The Balaban J connectivity index is 1.53. The van der Waals surface area contributed by atoms with Crippen LogP contribution in [-0.4, -0.2) is 58.8 Å². The lowest BCUT2D eigenvalue weighted by Gasteiger charge is -2.25. The van der Waals surface area contributed by atoms with Gasteiger partial charge in [0, 0.05) is 48.9 Å². The van der Waals surface area contributed by atoms with E-state index in [-0.39, 0.29) is 12.8 Å². The number of fused-ring (bicyclic) bond motifs is 1. The van der Waals surface area contributed by atoms with E-state index in [2.05, 4.69) is 10.1 Å². The van der Waals surface area contributed by atoms with Crippen molar-refractivity contribution in [1.82, 2.24) is 19.7 Å². The summed E-state index contributed by atoms with van der Waals surface area (Å²) in [6, 6.07) is 13.5. The zero-order chi connectivity index (χ0) is 24.2.